The summed E-state index contributed by atoms with van der Waals surface area (Å²) in [4.78, 5) is 27.5. The Balaban J connectivity index is 1.20. The summed E-state index contributed by atoms with van der Waals surface area (Å²) in [5, 5.41) is 14.6. The second kappa shape index (κ2) is 9.88. The van der Waals surface area contributed by atoms with Gasteiger partial charge < -0.3 is 28.4 Å². The van der Waals surface area contributed by atoms with E-state index in [1.807, 2.05) is 88.4 Å². The van der Waals surface area contributed by atoms with Crippen LogP contribution in [0.15, 0.2) is 72.8 Å². The van der Waals surface area contributed by atoms with Crippen LogP contribution in [0.3, 0.4) is 0 Å². The summed E-state index contributed by atoms with van der Waals surface area (Å²) in [5.74, 6) is -2.10. The molecule has 12 heteroatoms. The van der Waals surface area contributed by atoms with Gasteiger partial charge in [-0.25, -0.2) is 9.97 Å². The summed E-state index contributed by atoms with van der Waals surface area (Å²) in [6.07, 6.45) is -3.42. The second-order valence-corrected chi connectivity index (χ2v) is 15.9. The van der Waals surface area contributed by atoms with Crippen molar-refractivity contribution in [2.75, 3.05) is 6.54 Å². The molecule has 3 aromatic carbocycles. The lowest BCUT2D eigenvalue weighted by atomic mass is 9.61. The van der Waals surface area contributed by atoms with Gasteiger partial charge >= 0.3 is 0 Å². The highest BCUT2D eigenvalue weighted by molar-refractivity contribution is 5.85. The molecular weight excluding hydrogens is 652 g/mol. The van der Waals surface area contributed by atoms with Gasteiger partial charge in [-0.1, -0.05) is 54.6 Å². The standard InChI is InChI=1S/C39H38N4O8/c1-36(2)48-28-29(49-36)31-35(51-37(3,4)50-31)47-30(28)34-39(43(44)45)26-18-11-19-42(26)38(32(39)21-13-6-10-17-25(21)46-34)22-14-7-5-12-20(22)27-33(38)41-24-16-9-8-15-23(24)40-27/h5-10,12-17,26,28-32,34-35H,11,18-19H2,1-4H3/t26?,28-,29+,30+,31-,32-,34-,35-,38-,39-/m1/s1. The van der Waals surface area contributed by atoms with Gasteiger partial charge in [0.15, 0.2) is 24.0 Å². The molecule has 12 nitrogen and oxygen atoms in total. The number of hydrogen-bond donors (Lipinski definition) is 0. The van der Waals surface area contributed by atoms with E-state index >= 15 is 0 Å². The molecule has 7 aliphatic rings. The number of rotatable bonds is 2. The Kier molecular flexibility index (Phi) is 5.92. The SMILES string of the molecule is CC1(C)O[C@@H]2[C@H](O1)[C@H]1OC(C)(C)O[C@H]1O[C@@H]2[C@H]1Oc2ccccc2[C@@H]2[C@@]3(c4ccccc4-c4nc5ccccc5nc43)N3CCCC3[C@]12[N+](=O)[O-]. The van der Waals surface area contributed by atoms with E-state index in [1.165, 1.54) is 0 Å². The van der Waals surface area contributed by atoms with Gasteiger partial charge in [0.2, 0.25) is 0 Å². The molecule has 10 atom stereocenters. The number of aromatic nitrogens is 2. The first kappa shape index (κ1) is 30.6. The number of nitro groups is 1. The summed E-state index contributed by atoms with van der Waals surface area (Å²) in [6, 6.07) is 23.3. The molecule has 1 aliphatic carbocycles. The third kappa shape index (κ3) is 3.70. The van der Waals surface area contributed by atoms with Gasteiger partial charge in [-0.15, -0.1) is 0 Å². The molecule has 0 amide bonds. The topological polar surface area (TPSA) is 128 Å². The number of ether oxygens (including phenoxy) is 6. The molecule has 5 fully saturated rings. The monoisotopic (exact) mass is 690 g/mol. The highest BCUT2D eigenvalue weighted by Gasteiger charge is 2.84. The van der Waals surface area contributed by atoms with Crippen molar-refractivity contribution in [1.29, 1.82) is 0 Å². The maximum Gasteiger partial charge on any atom is 0.285 e. The van der Waals surface area contributed by atoms with E-state index in [4.69, 9.17) is 38.4 Å². The van der Waals surface area contributed by atoms with Crippen molar-refractivity contribution in [3.63, 3.8) is 0 Å². The van der Waals surface area contributed by atoms with Crippen LogP contribution in [0.2, 0.25) is 0 Å². The van der Waals surface area contributed by atoms with Crippen LogP contribution < -0.4 is 4.74 Å². The Hall–Kier alpha value is -4.04. The molecule has 0 N–H and O–H groups in total. The molecule has 11 rings (SSSR count). The Labute approximate surface area is 294 Å². The first-order valence-corrected chi connectivity index (χ1v) is 18.0. The Morgan fingerprint density at radius 2 is 1.47 bits per heavy atom. The number of hydrogen-bond acceptors (Lipinski definition) is 11. The summed E-state index contributed by atoms with van der Waals surface area (Å²) >= 11 is 0. The lowest BCUT2D eigenvalue weighted by Crippen LogP contribution is -2.71. The van der Waals surface area contributed by atoms with Crippen molar-refractivity contribution < 1.29 is 33.3 Å². The number of nitrogens with zero attached hydrogens (tertiary/aromatic N) is 4. The fourth-order valence-electron chi connectivity index (χ4n) is 11.0. The maximum atomic E-state index is 14.6. The van der Waals surface area contributed by atoms with Crippen LogP contribution in [0, 0.1) is 10.1 Å². The zero-order chi connectivity index (χ0) is 34.7. The van der Waals surface area contributed by atoms with E-state index in [0.717, 1.165) is 45.5 Å². The van der Waals surface area contributed by atoms with E-state index in [0.29, 0.717) is 18.7 Å². The summed E-state index contributed by atoms with van der Waals surface area (Å²) < 4.78 is 39.6. The Bertz CT molecular complexity index is 2160. The molecule has 1 unspecified atom stereocenters. The summed E-state index contributed by atoms with van der Waals surface area (Å²) in [5.41, 5.74) is 3.01. The zero-order valence-electron chi connectivity index (χ0n) is 28.7. The van der Waals surface area contributed by atoms with Crippen molar-refractivity contribution >= 4 is 11.0 Å². The molecule has 1 spiro atoms. The normalized spacial score (nSPS) is 39.1. The average Bonchev–Trinajstić information content (AvgIpc) is 3.90. The van der Waals surface area contributed by atoms with Crippen LogP contribution in [-0.2, 0) is 29.2 Å². The predicted molar refractivity (Wildman–Crippen MR) is 181 cm³/mol. The van der Waals surface area contributed by atoms with Gasteiger partial charge in [-0.3, -0.25) is 15.0 Å². The van der Waals surface area contributed by atoms with Gasteiger partial charge in [-0.2, -0.15) is 0 Å². The largest absolute Gasteiger partial charge is 0.480 e. The van der Waals surface area contributed by atoms with Crippen molar-refractivity contribution in [1.82, 2.24) is 14.9 Å². The molecule has 262 valence electrons. The number of benzene rings is 3. The molecule has 1 aromatic heterocycles. The van der Waals surface area contributed by atoms with Gasteiger partial charge in [-0.05, 0) is 64.3 Å². The van der Waals surface area contributed by atoms with Crippen LogP contribution in [0.25, 0.3) is 22.3 Å². The Morgan fingerprint density at radius 1 is 0.804 bits per heavy atom. The molecule has 0 saturated carbocycles. The molecule has 51 heavy (non-hydrogen) atoms. The third-order valence-electron chi connectivity index (χ3n) is 12.4. The first-order chi connectivity index (χ1) is 24.5. The minimum Gasteiger partial charge on any atom is -0.480 e. The fourth-order valence-corrected chi connectivity index (χ4v) is 11.0. The fraction of sp³-hybridized carbons (Fsp3) is 0.487. The van der Waals surface area contributed by atoms with Gasteiger partial charge in [0.05, 0.1) is 34.4 Å². The molecule has 0 bridgehead atoms. The number of para-hydroxylation sites is 3. The van der Waals surface area contributed by atoms with Crippen LogP contribution >= 0.6 is 0 Å². The first-order valence-electron chi connectivity index (χ1n) is 18.0. The van der Waals surface area contributed by atoms with Crippen molar-refractivity contribution in [3.05, 3.63) is 99.7 Å². The zero-order valence-corrected chi connectivity index (χ0v) is 28.7. The van der Waals surface area contributed by atoms with Gasteiger partial charge in [0, 0.05) is 22.6 Å². The van der Waals surface area contributed by atoms with Crippen molar-refractivity contribution in [2.45, 2.75) is 112 Å². The van der Waals surface area contributed by atoms with E-state index in [1.54, 1.807) is 0 Å². The number of fused-ring (bicyclic) bond motifs is 16. The van der Waals surface area contributed by atoms with E-state index < -0.39 is 71.4 Å². The van der Waals surface area contributed by atoms with Crippen LogP contribution in [-0.4, -0.2) is 86.3 Å². The summed E-state index contributed by atoms with van der Waals surface area (Å²) in [6.45, 7) is 8.00. The summed E-state index contributed by atoms with van der Waals surface area (Å²) in [7, 11) is 0. The van der Waals surface area contributed by atoms with E-state index in [-0.39, 0.29) is 4.92 Å². The quantitative estimate of drug-likeness (QED) is 0.201. The van der Waals surface area contributed by atoms with Crippen LogP contribution in [0.1, 0.15) is 63.3 Å². The minimum absolute atomic E-state index is 0.0631. The Morgan fingerprint density at radius 3 is 2.27 bits per heavy atom. The van der Waals surface area contributed by atoms with Gasteiger partial charge in [0.25, 0.3) is 5.54 Å². The molecule has 4 aromatic rings. The highest BCUT2D eigenvalue weighted by atomic mass is 16.9. The highest BCUT2D eigenvalue weighted by Crippen LogP contribution is 2.71. The van der Waals surface area contributed by atoms with Crippen molar-refractivity contribution in [3.8, 4) is 17.0 Å². The van der Waals surface area contributed by atoms with Gasteiger partial charge in [0.1, 0.15) is 35.7 Å². The predicted octanol–water partition coefficient (Wildman–Crippen LogP) is 5.29. The maximum absolute atomic E-state index is 14.6. The van der Waals surface area contributed by atoms with Crippen LogP contribution in [0.5, 0.6) is 5.75 Å². The molecule has 6 aliphatic heterocycles. The molecular formula is C39H38N4O8. The lowest BCUT2D eigenvalue weighted by molar-refractivity contribution is -0.594. The van der Waals surface area contributed by atoms with Crippen LogP contribution in [0.4, 0.5) is 0 Å². The van der Waals surface area contributed by atoms with E-state index in [2.05, 4.69) is 17.0 Å². The lowest BCUT2D eigenvalue weighted by Gasteiger charge is -2.49. The molecule has 0 radical (unpaired) electrons. The van der Waals surface area contributed by atoms with Crippen molar-refractivity contribution in [2.24, 2.45) is 0 Å². The molecule has 5 saturated heterocycles. The minimum atomic E-state index is -1.71. The van der Waals surface area contributed by atoms with E-state index in [9.17, 15) is 10.1 Å². The molecule has 7 heterocycles. The average molecular weight is 691 g/mol. The second-order valence-electron chi connectivity index (χ2n) is 15.9. The third-order valence-corrected chi connectivity index (χ3v) is 12.4. The smallest absolute Gasteiger partial charge is 0.285 e.